The van der Waals surface area contributed by atoms with Crippen LogP contribution in [0.25, 0.3) is 104 Å². The SMILES string of the molecule is CC(C)(C)c1ccc(-c2ccccc2-c2ccc(N(c3cc(-c4ccc(-c5ccccc5)cc4)cc(C(C)(C)C)c3)c3ccc4ccc5c(-n6c7ccc(C(C)(C)C)cc7c7cc(C(C)(C)C)ccc76)ccc6ccc3c4c65)cc2)cc1. The van der Waals surface area contributed by atoms with Gasteiger partial charge in [0, 0.05) is 32.9 Å². The Morgan fingerprint density at radius 2 is 0.720 bits per heavy atom. The van der Waals surface area contributed by atoms with Crippen molar-refractivity contribution in [3.05, 3.63) is 253 Å². The maximum absolute atomic E-state index is 2.54. The van der Waals surface area contributed by atoms with E-state index in [0.717, 1.165) is 17.1 Å². The summed E-state index contributed by atoms with van der Waals surface area (Å²) in [5.74, 6) is 0. The lowest BCUT2D eigenvalue weighted by Gasteiger charge is -2.30. The smallest absolute Gasteiger partial charge is 0.0541 e. The van der Waals surface area contributed by atoms with Crippen LogP contribution in [0.3, 0.4) is 0 Å². The van der Waals surface area contributed by atoms with E-state index < -0.39 is 0 Å². The van der Waals surface area contributed by atoms with Crippen molar-refractivity contribution in [2.24, 2.45) is 0 Å². The number of hydrogen-bond donors (Lipinski definition) is 0. The standard InChI is InChI=1S/C80H74N2/c1-77(2,3)59-34-26-54(27-35-59)65-20-16-17-21-66(65)55-28-38-63(39-29-55)81(64-47-58(46-62(48-64)80(10,11)12)53-24-22-52(23-25-53)51-18-14-13-15-19-51)71-42-32-56-31-41-68-72(43-33-57-30-40-67(71)75(56)76(57)68)82-73-44-36-60(78(4,5)6)49-69(73)70-50-61(79(7,8)9)37-45-74(70)82/h13-50H,1-12H3. The normalized spacial score (nSPS) is 12.6. The molecule has 2 heteroatoms. The summed E-state index contributed by atoms with van der Waals surface area (Å²) in [6.45, 7) is 27.7. The molecule has 0 aliphatic carbocycles. The Hall–Kier alpha value is -8.72. The molecule has 2 nitrogen and oxygen atoms in total. The monoisotopic (exact) mass is 1060 g/mol. The van der Waals surface area contributed by atoms with Gasteiger partial charge in [-0.1, -0.05) is 253 Å². The molecule has 0 bridgehead atoms. The van der Waals surface area contributed by atoms with E-state index in [0.29, 0.717) is 0 Å². The second-order valence-electron chi connectivity index (χ2n) is 27.1. The second kappa shape index (κ2) is 19.5. The van der Waals surface area contributed by atoms with E-state index in [9.17, 15) is 0 Å². The third-order valence-corrected chi connectivity index (χ3v) is 17.4. The predicted molar refractivity (Wildman–Crippen MR) is 356 cm³/mol. The Balaban J connectivity index is 1.02. The summed E-state index contributed by atoms with van der Waals surface area (Å²) in [4.78, 5) is 2.53. The lowest BCUT2D eigenvalue weighted by Crippen LogP contribution is -2.15. The van der Waals surface area contributed by atoms with Gasteiger partial charge in [-0.15, -0.1) is 0 Å². The Kier molecular flexibility index (Phi) is 12.5. The first-order valence-electron chi connectivity index (χ1n) is 29.4. The van der Waals surface area contributed by atoms with E-state index in [1.807, 2.05) is 0 Å². The molecule has 12 aromatic carbocycles. The van der Waals surface area contributed by atoms with Crippen LogP contribution in [-0.4, -0.2) is 4.57 Å². The maximum Gasteiger partial charge on any atom is 0.0541 e. The Labute approximate surface area is 485 Å². The van der Waals surface area contributed by atoms with Crippen LogP contribution >= 0.6 is 0 Å². The van der Waals surface area contributed by atoms with Gasteiger partial charge in [-0.05, 0) is 171 Å². The van der Waals surface area contributed by atoms with Crippen molar-refractivity contribution in [2.45, 2.75) is 105 Å². The van der Waals surface area contributed by atoms with E-state index in [-0.39, 0.29) is 21.7 Å². The van der Waals surface area contributed by atoms with E-state index in [4.69, 9.17) is 0 Å². The van der Waals surface area contributed by atoms with E-state index in [1.165, 1.54) is 127 Å². The van der Waals surface area contributed by atoms with Gasteiger partial charge in [0.1, 0.15) is 0 Å². The predicted octanol–water partition coefficient (Wildman–Crippen LogP) is 23.0. The summed E-state index contributed by atoms with van der Waals surface area (Å²) in [5.41, 5.74) is 21.9. The van der Waals surface area contributed by atoms with Crippen LogP contribution in [0.2, 0.25) is 0 Å². The third kappa shape index (κ3) is 9.33. The minimum Gasteiger partial charge on any atom is -0.310 e. The first-order chi connectivity index (χ1) is 39.2. The number of anilines is 3. The van der Waals surface area contributed by atoms with Crippen LogP contribution in [0.1, 0.15) is 105 Å². The molecule has 0 aliphatic heterocycles. The number of benzene rings is 12. The van der Waals surface area contributed by atoms with Crippen LogP contribution in [0.15, 0.2) is 231 Å². The van der Waals surface area contributed by atoms with E-state index in [2.05, 4.69) is 323 Å². The van der Waals surface area contributed by atoms with Crippen molar-refractivity contribution in [2.75, 3.05) is 4.90 Å². The molecular weight excluding hydrogens is 989 g/mol. The molecule has 0 radical (unpaired) electrons. The summed E-state index contributed by atoms with van der Waals surface area (Å²) in [6, 6.07) is 87.6. The molecule has 0 atom stereocenters. The Morgan fingerprint density at radius 3 is 1.27 bits per heavy atom. The quantitative estimate of drug-likeness (QED) is 0.138. The highest BCUT2D eigenvalue weighted by atomic mass is 15.1. The highest BCUT2D eigenvalue weighted by Crippen LogP contribution is 2.48. The zero-order valence-corrected chi connectivity index (χ0v) is 49.8. The van der Waals surface area contributed by atoms with Crippen molar-refractivity contribution in [1.29, 1.82) is 0 Å². The minimum atomic E-state index is -0.131. The summed E-state index contributed by atoms with van der Waals surface area (Å²) in [6.07, 6.45) is 0. The maximum atomic E-state index is 2.54. The lowest BCUT2D eigenvalue weighted by molar-refractivity contribution is 0.590. The summed E-state index contributed by atoms with van der Waals surface area (Å²) >= 11 is 0. The summed E-state index contributed by atoms with van der Waals surface area (Å²) < 4.78 is 2.54. The van der Waals surface area contributed by atoms with Gasteiger partial charge in [0.15, 0.2) is 0 Å². The van der Waals surface area contributed by atoms with Crippen LogP contribution in [-0.2, 0) is 21.7 Å². The highest BCUT2D eigenvalue weighted by molar-refractivity contribution is 6.27. The van der Waals surface area contributed by atoms with Gasteiger partial charge in [-0.25, -0.2) is 0 Å². The Bertz CT molecular complexity index is 4470. The number of hydrogen-bond acceptors (Lipinski definition) is 1. The van der Waals surface area contributed by atoms with Crippen LogP contribution in [0, 0.1) is 0 Å². The van der Waals surface area contributed by atoms with Gasteiger partial charge in [0.25, 0.3) is 0 Å². The molecule has 0 amide bonds. The van der Waals surface area contributed by atoms with E-state index >= 15 is 0 Å². The highest BCUT2D eigenvalue weighted by Gasteiger charge is 2.26. The molecule has 1 heterocycles. The van der Waals surface area contributed by atoms with Crippen LogP contribution < -0.4 is 4.90 Å². The first kappa shape index (κ1) is 52.6. The van der Waals surface area contributed by atoms with Crippen molar-refractivity contribution in [3.63, 3.8) is 0 Å². The van der Waals surface area contributed by atoms with Gasteiger partial charge in [0.05, 0.1) is 22.4 Å². The molecule has 82 heavy (non-hydrogen) atoms. The third-order valence-electron chi connectivity index (χ3n) is 17.4. The van der Waals surface area contributed by atoms with Crippen molar-refractivity contribution < 1.29 is 0 Å². The Morgan fingerprint density at radius 1 is 0.280 bits per heavy atom. The van der Waals surface area contributed by atoms with Crippen LogP contribution in [0.4, 0.5) is 17.1 Å². The fourth-order valence-electron chi connectivity index (χ4n) is 12.6. The number of nitrogens with zero attached hydrogens (tertiary/aromatic N) is 2. The molecule has 1 aromatic heterocycles. The van der Waals surface area contributed by atoms with Gasteiger partial charge in [-0.3, -0.25) is 0 Å². The van der Waals surface area contributed by atoms with Gasteiger partial charge in [-0.2, -0.15) is 0 Å². The number of rotatable bonds is 8. The van der Waals surface area contributed by atoms with E-state index in [1.54, 1.807) is 0 Å². The van der Waals surface area contributed by atoms with Crippen LogP contribution in [0.5, 0.6) is 0 Å². The van der Waals surface area contributed by atoms with Gasteiger partial charge >= 0.3 is 0 Å². The molecule has 0 unspecified atom stereocenters. The number of aromatic nitrogens is 1. The molecule has 13 aromatic rings. The molecule has 0 saturated heterocycles. The average Bonchev–Trinajstić information content (AvgIpc) is 2.90. The van der Waals surface area contributed by atoms with Crippen molar-refractivity contribution >= 4 is 71.2 Å². The number of fused-ring (bicyclic) bond motifs is 3. The topological polar surface area (TPSA) is 8.17 Å². The largest absolute Gasteiger partial charge is 0.310 e. The molecule has 0 N–H and O–H groups in total. The fourth-order valence-corrected chi connectivity index (χ4v) is 12.6. The van der Waals surface area contributed by atoms with Crippen molar-refractivity contribution in [3.8, 4) is 50.2 Å². The molecule has 404 valence electrons. The fraction of sp³-hybridized carbons (Fsp3) is 0.200. The molecule has 13 rings (SSSR count). The zero-order valence-electron chi connectivity index (χ0n) is 49.8. The second-order valence-corrected chi connectivity index (χ2v) is 27.1. The molecule has 0 saturated carbocycles. The average molecular weight is 1060 g/mol. The van der Waals surface area contributed by atoms with Gasteiger partial charge in [0.2, 0.25) is 0 Å². The lowest BCUT2D eigenvalue weighted by atomic mass is 9.84. The molecular formula is C80H74N2. The zero-order chi connectivity index (χ0) is 57.0. The summed E-state index contributed by atoms with van der Waals surface area (Å²) in [7, 11) is 0. The van der Waals surface area contributed by atoms with Crippen molar-refractivity contribution in [1.82, 2.24) is 4.57 Å². The molecule has 0 spiro atoms. The first-order valence-corrected chi connectivity index (χ1v) is 29.4. The van der Waals surface area contributed by atoms with Gasteiger partial charge < -0.3 is 9.47 Å². The molecule has 0 aliphatic rings. The molecule has 0 fully saturated rings. The summed E-state index contributed by atoms with van der Waals surface area (Å²) in [5, 5.41) is 10.1. The minimum absolute atomic E-state index is 0.0133.